The second-order valence-corrected chi connectivity index (χ2v) is 4.45. The number of nitrogens with zero attached hydrogens (tertiary/aromatic N) is 1. The van der Waals surface area contributed by atoms with E-state index in [9.17, 15) is 0 Å². The van der Waals surface area contributed by atoms with Crippen molar-refractivity contribution in [1.82, 2.24) is 10.3 Å². The molecule has 0 amide bonds. The Kier molecular flexibility index (Phi) is 3.14. The number of hydrogen-bond donors (Lipinski definition) is 1. The second kappa shape index (κ2) is 4.55. The van der Waals surface area contributed by atoms with E-state index in [1.165, 1.54) is 10.4 Å². The highest BCUT2D eigenvalue weighted by molar-refractivity contribution is 7.10. The van der Waals surface area contributed by atoms with Crippen molar-refractivity contribution in [3.8, 4) is 0 Å². The molecule has 0 saturated heterocycles. The van der Waals surface area contributed by atoms with Crippen LogP contribution in [0.5, 0.6) is 0 Å². The molecule has 0 aliphatic heterocycles. The predicted octanol–water partition coefficient (Wildman–Crippen LogP) is 2.76. The van der Waals surface area contributed by atoms with Crippen LogP contribution in [0, 0.1) is 6.92 Å². The minimum Gasteiger partial charge on any atom is -0.309 e. The van der Waals surface area contributed by atoms with E-state index in [4.69, 9.17) is 0 Å². The molecule has 0 spiro atoms. The first-order chi connectivity index (χ1) is 7.31. The maximum atomic E-state index is 4.32. The quantitative estimate of drug-likeness (QED) is 0.857. The van der Waals surface area contributed by atoms with Gasteiger partial charge < -0.3 is 5.32 Å². The summed E-state index contributed by atoms with van der Waals surface area (Å²) in [6, 6.07) is 8.66. The minimum atomic E-state index is 0.262. The van der Waals surface area contributed by atoms with Gasteiger partial charge in [0.1, 0.15) is 0 Å². The Hall–Kier alpha value is -1.19. The lowest BCUT2D eigenvalue weighted by Crippen LogP contribution is -2.16. The number of aromatic nitrogens is 1. The Balaban J connectivity index is 2.31. The molecule has 0 aromatic carbocycles. The normalized spacial score (nSPS) is 12.7. The van der Waals surface area contributed by atoms with Crippen molar-refractivity contribution >= 4 is 11.3 Å². The highest BCUT2D eigenvalue weighted by Gasteiger charge is 2.12. The third kappa shape index (κ3) is 2.25. The molecule has 0 fully saturated rings. The lowest BCUT2D eigenvalue weighted by molar-refractivity contribution is 0.700. The van der Waals surface area contributed by atoms with E-state index in [2.05, 4.69) is 33.9 Å². The predicted molar refractivity (Wildman–Crippen MR) is 64.2 cm³/mol. The van der Waals surface area contributed by atoms with Crippen molar-refractivity contribution in [1.29, 1.82) is 0 Å². The van der Waals surface area contributed by atoms with E-state index in [0.29, 0.717) is 0 Å². The summed E-state index contributed by atoms with van der Waals surface area (Å²) >= 11 is 1.76. The summed E-state index contributed by atoms with van der Waals surface area (Å²) in [6.45, 7) is 2.00. The summed E-state index contributed by atoms with van der Waals surface area (Å²) in [5, 5.41) is 5.41. The van der Waals surface area contributed by atoms with Gasteiger partial charge in [0.05, 0.1) is 6.04 Å². The zero-order valence-electron chi connectivity index (χ0n) is 8.90. The molecule has 1 N–H and O–H groups in total. The van der Waals surface area contributed by atoms with Gasteiger partial charge in [0, 0.05) is 16.8 Å². The summed E-state index contributed by atoms with van der Waals surface area (Å²) in [5.41, 5.74) is 2.27. The van der Waals surface area contributed by atoms with Gasteiger partial charge in [-0.2, -0.15) is 0 Å². The fraction of sp³-hybridized carbons (Fsp3) is 0.250. The standard InChI is InChI=1S/C12H14N2S/c1-9-5-6-10(8-14-9)12(13-2)11-4-3-7-15-11/h3-8,12-13H,1-2H3. The lowest BCUT2D eigenvalue weighted by Gasteiger charge is -2.14. The molecule has 3 heteroatoms. The average Bonchev–Trinajstić information content (AvgIpc) is 2.75. The van der Waals surface area contributed by atoms with E-state index in [1.54, 1.807) is 11.3 Å². The van der Waals surface area contributed by atoms with Crippen molar-refractivity contribution in [2.24, 2.45) is 0 Å². The molecule has 0 bridgehead atoms. The Labute approximate surface area is 94.0 Å². The zero-order valence-corrected chi connectivity index (χ0v) is 9.71. The van der Waals surface area contributed by atoms with Gasteiger partial charge in [-0.3, -0.25) is 4.98 Å². The summed E-state index contributed by atoms with van der Waals surface area (Å²) in [6.07, 6.45) is 1.94. The number of hydrogen-bond acceptors (Lipinski definition) is 3. The lowest BCUT2D eigenvalue weighted by atomic mass is 10.1. The molecule has 0 aliphatic rings. The Bertz CT molecular complexity index is 406. The molecular weight excluding hydrogens is 204 g/mol. The van der Waals surface area contributed by atoms with E-state index in [-0.39, 0.29) is 6.04 Å². The van der Waals surface area contributed by atoms with E-state index in [0.717, 1.165) is 5.69 Å². The molecular formula is C12H14N2S. The van der Waals surface area contributed by atoms with Crippen LogP contribution >= 0.6 is 11.3 Å². The first-order valence-corrected chi connectivity index (χ1v) is 5.82. The van der Waals surface area contributed by atoms with Crippen molar-refractivity contribution in [2.45, 2.75) is 13.0 Å². The maximum Gasteiger partial charge on any atom is 0.0683 e. The van der Waals surface area contributed by atoms with E-state index < -0.39 is 0 Å². The van der Waals surface area contributed by atoms with Crippen molar-refractivity contribution in [3.63, 3.8) is 0 Å². The molecule has 1 atom stereocenters. The molecule has 0 saturated carbocycles. The van der Waals surface area contributed by atoms with E-state index >= 15 is 0 Å². The molecule has 2 aromatic rings. The van der Waals surface area contributed by atoms with Crippen LogP contribution in [-0.4, -0.2) is 12.0 Å². The Morgan fingerprint density at radius 1 is 1.33 bits per heavy atom. The zero-order chi connectivity index (χ0) is 10.7. The Morgan fingerprint density at radius 2 is 2.20 bits per heavy atom. The average molecular weight is 218 g/mol. The monoisotopic (exact) mass is 218 g/mol. The van der Waals surface area contributed by atoms with Gasteiger partial charge in [-0.05, 0) is 37.0 Å². The van der Waals surface area contributed by atoms with Gasteiger partial charge in [-0.25, -0.2) is 0 Å². The van der Waals surface area contributed by atoms with Crippen LogP contribution in [0.1, 0.15) is 22.2 Å². The van der Waals surface area contributed by atoms with Crippen LogP contribution in [0.25, 0.3) is 0 Å². The van der Waals surface area contributed by atoms with Crippen molar-refractivity contribution in [3.05, 3.63) is 52.0 Å². The SMILES string of the molecule is CNC(c1ccc(C)nc1)c1cccs1. The van der Waals surface area contributed by atoms with Crippen molar-refractivity contribution in [2.75, 3.05) is 7.05 Å². The second-order valence-electron chi connectivity index (χ2n) is 3.47. The molecule has 1 unspecified atom stereocenters. The van der Waals surface area contributed by atoms with Crippen LogP contribution < -0.4 is 5.32 Å². The number of nitrogens with one attached hydrogen (secondary N) is 1. The van der Waals surface area contributed by atoms with Crippen LogP contribution in [0.2, 0.25) is 0 Å². The third-order valence-corrected chi connectivity index (χ3v) is 3.32. The van der Waals surface area contributed by atoms with Crippen LogP contribution in [0.4, 0.5) is 0 Å². The topological polar surface area (TPSA) is 24.9 Å². The van der Waals surface area contributed by atoms with Gasteiger partial charge in [0.15, 0.2) is 0 Å². The highest BCUT2D eigenvalue weighted by atomic mass is 32.1. The minimum absolute atomic E-state index is 0.262. The van der Waals surface area contributed by atoms with Gasteiger partial charge in [-0.15, -0.1) is 11.3 Å². The number of pyridine rings is 1. The molecule has 2 nitrogen and oxygen atoms in total. The molecule has 0 radical (unpaired) electrons. The molecule has 2 heterocycles. The van der Waals surface area contributed by atoms with Crippen LogP contribution in [0.3, 0.4) is 0 Å². The summed E-state index contributed by atoms with van der Waals surface area (Å²) in [7, 11) is 1.98. The molecule has 78 valence electrons. The molecule has 2 aromatic heterocycles. The largest absolute Gasteiger partial charge is 0.309 e. The molecule has 2 rings (SSSR count). The van der Waals surface area contributed by atoms with Crippen molar-refractivity contribution < 1.29 is 0 Å². The smallest absolute Gasteiger partial charge is 0.0683 e. The maximum absolute atomic E-state index is 4.32. The summed E-state index contributed by atoms with van der Waals surface area (Å²) < 4.78 is 0. The Morgan fingerprint density at radius 3 is 2.73 bits per heavy atom. The number of aryl methyl sites for hydroxylation is 1. The third-order valence-electron chi connectivity index (χ3n) is 2.38. The van der Waals surface area contributed by atoms with Gasteiger partial charge in [0.25, 0.3) is 0 Å². The molecule has 15 heavy (non-hydrogen) atoms. The first-order valence-electron chi connectivity index (χ1n) is 4.94. The highest BCUT2D eigenvalue weighted by Crippen LogP contribution is 2.24. The van der Waals surface area contributed by atoms with Gasteiger partial charge in [0.2, 0.25) is 0 Å². The first kappa shape index (κ1) is 10.3. The van der Waals surface area contributed by atoms with Gasteiger partial charge >= 0.3 is 0 Å². The van der Waals surface area contributed by atoms with Gasteiger partial charge in [-0.1, -0.05) is 12.1 Å². The fourth-order valence-corrected chi connectivity index (χ4v) is 2.44. The fourth-order valence-electron chi connectivity index (χ4n) is 1.58. The summed E-state index contributed by atoms with van der Waals surface area (Å²) in [4.78, 5) is 5.64. The number of thiophene rings is 1. The number of rotatable bonds is 3. The van der Waals surface area contributed by atoms with E-state index in [1.807, 2.05) is 26.2 Å². The van der Waals surface area contributed by atoms with Crippen LogP contribution in [0.15, 0.2) is 35.8 Å². The van der Waals surface area contributed by atoms with Crippen LogP contribution in [-0.2, 0) is 0 Å². The summed E-state index contributed by atoms with van der Waals surface area (Å²) in [5.74, 6) is 0. The molecule has 0 aliphatic carbocycles.